The summed E-state index contributed by atoms with van der Waals surface area (Å²) < 4.78 is 12.9. The van der Waals surface area contributed by atoms with Crippen LogP contribution in [0, 0.1) is 29.1 Å². The van der Waals surface area contributed by atoms with Gasteiger partial charge in [-0.25, -0.2) is 0 Å². The van der Waals surface area contributed by atoms with Crippen LogP contribution < -0.4 is 0 Å². The van der Waals surface area contributed by atoms with Crippen molar-refractivity contribution in [3.05, 3.63) is 59.4 Å². The first-order valence-electron chi connectivity index (χ1n) is 14.2. The van der Waals surface area contributed by atoms with Gasteiger partial charge in [-0.2, -0.15) is 9.65 Å². The van der Waals surface area contributed by atoms with Gasteiger partial charge in [0.2, 0.25) is 0 Å². The molecule has 0 aromatic heterocycles. The minimum absolute atomic E-state index is 0.557. The number of nitrogens with zero attached hydrogens (tertiary/aromatic N) is 1. The predicted octanol–water partition coefficient (Wildman–Crippen LogP) is 9.99. The zero-order valence-electron chi connectivity index (χ0n) is 21.5. The summed E-state index contributed by atoms with van der Waals surface area (Å²) in [6.07, 6.45) is 26.5. The molecule has 0 atom stereocenters. The lowest BCUT2D eigenvalue weighted by atomic mass is 9.74. The van der Waals surface area contributed by atoms with Gasteiger partial charge < -0.3 is 0 Å². The Bertz CT molecular complexity index is 783. The van der Waals surface area contributed by atoms with Gasteiger partial charge in [0.05, 0.1) is 0 Å². The van der Waals surface area contributed by atoms with Crippen molar-refractivity contribution in [1.82, 2.24) is 0 Å². The second-order valence-corrected chi connectivity index (χ2v) is 11.0. The average Bonchev–Trinajstić information content (AvgIpc) is 2.88. The molecule has 3 rings (SSSR count). The highest BCUT2D eigenvalue weighted by Gasteiger charge is 2.24. The summed E-state index contributed by atoms with van der Waals surface area (Å²) in [5, 5.41) is 8.47. The minimum atomic E-state index is -0.704. The van der Waals surface area contributed by atoms with Crippen LogP contribution >= 0.6 is 0 Å². The average molecular weight is 464 g/mol. The molecule has 186 valence electrons. The SMILES string of the molecule is CCCCCCCc1ccc([C@H]2CC[C@H](CC[C@H]3CC[C@H](C=CC=C(F)C#N)CC3)CC2)cc1. The lowest BCUT2D eigenvalue weighted by Gasteiger charge is -2.31. The topological polar surface area (TPSA) is 23.8 Å². The van der Waals surface area contributed by atoms with Crippen LogP contribution in [0.4, 0.5) is 4.39 Å². The maximum atomic E-state index is 12.9. The standard InChI is InChI=1S/C32H46FN/c1-2-3-4-5-6-8-26-17-21-30(22-18-26)31-23-19-29(20-24-31)16-15-28-13-11-27(12-14-28)9-7-10-32(33)25-34/h7,9-10,17-18,21-22,27-29,31H,2-6,8,11-16,19-20,23-24H2,1H3/t27-,28-,29-,31-. The molecule has 0 aliphatic heterocycles. The maximum absolute atomic E-state index is 12.9. The molecule has 2 fully saturated rings. The Morgan fingerprint density at radius 2 is 1.50 bits per heavy atom. The van der Waals surface area contributed by atoms with Gasteiger partial charge in [0.1, 0.15) is 6.07 Å². The molecule has 1 aromatic carbocycles. The first-order chi connectivity index (χ1) is 16.7. The summed E-state index contributed by atoms with van der Waals surface area (Å²) in [5.41, 5.74) is 3.09. The third kappa shape index (κ3) is 9.40. The van der Waals surface area contributed by atoms with E-state index in [1.54, 1.807) is 11.6 Å². The molecule has 0 amide bonds. The van der Waals surface area contributed by atoms with E-state index in [0.29, 0.717) is 5.92 Å². The van der Waals surface area contributed by atoms with E-state index in [9.17, 15) is 4.39 Å². The van der Waals surface area contributed by atoms with E-state index in [1.165, 1.54) is 120 Å². The van der Waals surface area contributed by atoms with Gasteiger partial charge in [0, 0.05) is 0 Å². The zero-order valence-corrected chi connectivity index (χ0v) is 21.5. The Labute approximate surface area is 208 Å². The Hall–Kier alpha value is -1.88. The molecule has 2 aliphatic rings. The highest BCUT2D eigenvalue weighted by Crippen LogP contribution is 2.40. The van der Waals surface area contributed by atoms with Gasteiger partial charge in [-0.15, -0.1) is 0 Å². The Kier molecular flexibility index (Phi) is 11.9. The molecular formula is C32H46FN. The number of unbranched alkanes of at least 4 members (excludes halogenated alkanes) is 4. The van der Waals surface area contributed by atoms with Crippen LogP contribution in [0.5, 0.6) is 0 Å². The largest absolute Gasteiger partial charge is 0.199 e. The Morgan fingerprint density at radius 3 is 2.12 bits per heavy atom. The van der Waals surface area contributed by atoms with E-state index < -0.39 is 5.83 Å². The Morgan fingerprint density at radius 1 is 0.882 bits per heavy atom. The van der Waals surface area contributed by atoms with Crippen LogP contribution in [0.15, 0.2) is 48.3 Å². The van der Waals surface area contributed by atoms with Gasteiger partial charge in [0.25, 0.3) is 0 Å². The van der Waals surface area contributed by atoms with Gasteiger partial charge in [-0.05, 0) is 105 Å². The minimum Gasteiger partial charge on any atom is -0.195 e. The molecule has 2 aliphatic carbocycles. The van der Waals surface area contributed by atoms with Crippen molar-refractivity contribution in [2.75, 3.05) is 0 Å². The summed E-state index contributed by atoms with van der Waals surface area (Å²) in [5.74, 6) is 2.43. The van der Waals surface area contributed by atoms with Crippen LogP contribution in [0.1, 0.15) is 120 Å². The molecule has 0 heterocycles. The molecule has 0 N–H and O–H groups in total. The molecule has 0 saturated heterocycles. The van der Waals surface area contributed by atoms with E-state index in [1.807, 2.05) is 0 Å². The van der Waals surface area contributed by atoms with E-state index in [2.05, 4.69) is 37.3 Å². The summed E-state index contributed by atoms with van der Waals surface area (Å²) in [7, 11) is 0. The number of rotatable bonds is 12. The fraction of sp³-hybridized carbons (Fsp3) is 0.656. The summed E-state index contributed by atoms with van der Waals surface area (Å²) >= 11 is 0. The monoisotopic (exact) mass is 463 g/mol. The molecule has 0 radical (unpaired) electrons. The van der Waals surface area contributed by atoms with Gasteiger partial charge in [-0.3, -0.25) is 0 Å². The molecule has 0 bridgehead atoms. The summed E-state index contributed by atoms with van der Waals surface area (Å²) in [6, 6.07) is 11.2. The van der Waals surface area contributed by atoms with Crippen LogP contribution in [0.3, 0.4) is 0 Å². The molecule has 0 unspecified atom stereocenters. The number of hydrogen-bond acceptors (Lipinski definition) is 1. The second-order valence-electron chi connectivity index (χ2n) is 11.0. The van der Waals surface area contributed by atoms with Crippen molar-refractivity contribution >= 4 is 0 Å². The number of aryl methyl sites for hydroxylation is 1. The van der Waals surface area contributed by atoms with E-state index in [4.69, 9.17) is 5.26 Å². The van der Waals surface area contributed by atoms with Crippen molar-refractivity contribution < 1.29 is 4.39 Å². The number of allylic oxidation sites excluding steroid dienone is 4. The fourth-order valence-electron chi connectivity index (χ4n) is 6.15. The van der Waals surface area contributed by atoms with Gasteiger partial charge in [-0.1, -0.05) is 81.9 Å². The van der Waals surface area contributed by atoms with Crippen LogP contribution in [0.25, 0.3) is 0 Å². The van der Waals surface area contributed by atoms with Crippen molar-refractivity contribution in [1.29, 1.82) is 5.26 Å². The first kappa shape index (κ1) is 26.7. The van der Waals surface area contributed by atoms with Crippen molar-refractivity contribution in [2.24, 2.45) is 17.8 Å². The van der Waals surface area contributed by atoms with Crippen LogP contribution in [0.2, 0.25) is 0 Å². The molecular weight excluding hydrogens is 417 g/mol. The number of nitriles is 1. The lowest BCUT2D eigenvalue weighted by molar-refractivity contribution is 0.246. The van der Waals surface area contributed by atoms with Crippen molar-refractivity contribution in [3.63, 3.8) is 0 Å². The van der Waals surface area contributed by atoms with E-state index in [0.717, 1.165) is 17.8 Å². The van der Waals surface area contributed by atoms with Crippen molar-refractivity contribution in [3.8, 4) is 6.07 Å². The summed E-state index contributed by atoms with van der Waals surface area (Å²) in [4.78, 5) is 0. The molecule has 0 spiro atoms. The zero-order chi connectivity index (χ0) is 24.0. The van der Waals surface area contributed by atoms with Crippen LogP contribution in [-0.4, -0.2) is 0 Å². The first-order valence-corrected chi connectivity index (χ1v) is 14.2. The lowest BCUT2D eigenvalue weighted by Crippen LogP contribution is -2.17. The molecule has 1 nitrogen and oxygen atoms in total. The number of benzene rings is 1. The van der Waals surface area contributed by atoms with Crippen LogP contribution in [-0.2, 0) is 6.42 Å². The van der Waals surface area contributed by atoms with Gasteiger partial charge >= 0.3 is 0 Å². The second kappa shape index (κ2) is 15.2. The number of hydrogen-bond donors (Lipinski definition) is 0. The third-order valence-corrected chi connectivity index (χ3v) is 8.47. The van der Waals surface area contributed by atoms with Gasteiger partial charge in [0.15, 0.2) is 5.83 Å². The third-order valence-electron chi connectivity index (χ3n) is 8.47. The molecule has 1 aromatic rings. The molecule has 2 heteroatoms. The Balaban J connectivity index is 1.29. The molecule has 34 heavy (non-hydrogen) atoms. The highest BCUT2D eigenvalue weighted by molar-refractivity contribution is 5.26. The predicted molar refractivity (Wildman–Crippen MR) is 142 cm³/mol. The quantitative estimate of drug-likeness (QED) is 0.172. The van der Waals surface area contributed by atoms with Crippen molar-refractivity contribution in [2.45, 2.75) is 116 Å². The summed E-state index contributed by atoms with van der Waals surface area (Å²) in [6.45, 7) is 2.28. The molecule has 2 saturated carbocycles. The van der Waals surface area contributed by atoms with E-state index >= 15 is 0 Å². The smallest absolute Gasteiger partial charge is 0.195 e. The maximum Gasteiger partial charge on any atom is 0.199 e. The highest BCUT2D eigenvalue weighted by atomic mass is 19.1. The fourth-order valence-corrected chi connectivity index (χ4v) is 6.15. The number of halogens is 1. The normalized spacial score (nSPS) is 26.0. The van der Waals surface area contributed by atoms with E-state index in [-0.39, 0.29) is 0 Å².